The SMILES string of the molecule is COc1c[c]cc(Cl)c1Br. The Morgan fingerprint density at radius 2 is 2.30 bits per heavy atom. The minimum Gasteiger partial charge on any atom is -0.495 e. The Morgan fingerprint density at radius 1 is 1.60 bits per heavy atom. The molecule has 0 saturated heterocycles. The van der Waals surface area contributed by atoms with Crippen LogP contribution in [-0.2, 0) is 0 Å². The fourth-order valence-electron chi connectivity index (χ4n) is 0.583. The minimum absolute atomic E-state index is 0.611. The molecule has 53 valence electrons. The Balaban J connectivity index is 3.14. The van der Waals surface area contributed by atoms with E-state index in [1.54, 1.807) is 19.2 Å². The van der Waals surface area contributed by atoms with E-state index in [1.807, 2.05) is 0 Å². The Labute approximate surface area is 73.1 Å². The van der Waals surface area contributed by atoms with Crippen LogP contribution in [0.1, 0.15) is 0 Å². The first-order chi connectivity index (χ1) is 4.75. The van der Waals surface area contributed by atoms with Crippen LogP contribution in [0.4, 0.5) is 0 Å². The molecule has 0 aromatic heterocycles. The van der Waals surface area contributed by atoms with Gasteiger partial charge in [-0.3, -0.25) is 0 Å². The quantitative estimate of drug-likeness (QED) is 0.707. The first-order valence-electron chi connectivity index (χ1n) is 2.65. The van der Waals surface area contributed by atoms with Crippen LogP contribution < -0.4 is 4.74 Å². The van der Waals surface area contributed by atoms with Crippen molar-refractivity contribution in [3.05, 3.63) is 27.7 Å². The highest BCUT2D eigenvalue weighted by molar-refractivity contribution is 9.10. The fourth-order valence-corrected chi connectivity index (χ4v) is 1.13. The lowest BCUT2D eigenvalue weighted by Crippen LogP contribution is -1.83. The smallest absolute Gasteiger partial charge is 0.135 e. The van der Waals surface area contributed by atoms with Gasteiger partial charge in [-0.25, -0.2) is 0 Å². The Bertz CT molecular complexity index is 237. The highest BCUT2D eigenvalue weighted by atomic mass is 79.9. The maximum absolute atomic E-state index is 5.73. The Kier molecular flexibility index (Phi) is 2.57. The molecule has 1 nitrogen and oxygen atoms in total. The molecule has 0 heterocycles. The van der Waals surface area contributed by atoms with Crippen molar-refractivity contribution < 1.29 is 4.74 Å². The van der Waals surface area contributed by atoms with Crippen LogP contribution in [-0.4, -0.2) is 7.11 Å². The van der Waals surface area contributed by atoms with Crippen molar-refractivity contribution >= 4 is 27.5 Å². The lowest BCUT2D eigenvalue weighted by atomic mass is 10.3. The van der Waals surface area contributed by atoms with Crippen molar-refractivity contribution in [1.82, 2.24) is 0 Å². The van der Waals surface area contributed by atoms with Gasteiger partial charge in [-0.05, 0) is 34.1 Å². The molecule has 0 unspecified atom stereocenters. The Hall–Kier alpha value is -0.210. The van der Waals surface area contributed by atoms with E-state index >= 15 is 0 Å². The van der Waals surface area contributed by atoms with E-state index < -0.39 is 0 Å². The molecule has 10 heavy (non-hydrogen) atoms. The molecule has 0 aliphatic heterocycles. The largest absolute Gasteiger partial charge is 0.495 e. The molecular weight excluding hydrogens is 215 g/mol. The summed E-state index contributed by atoms with van der Waals surface area (Å²) in [6, 6.07) is 6.23. The summed E-state index contributed by atoms with van der Waals surface area (Å²) in [7, 11) is 1.59. The van der Waals surface area contributed by atoms with Crippen molar-refractivity contribution in [2.24, 2.45) is 0 Å². The molecule has 0 spiro atoms. The van der Waals surface area contributed by atoms with Crippen molar-refractivity contribution in [1.29, 1.82) is 0 Å². The number of hydrogen-bond donors (Lipinski definition) is 0. The number of halogens is 2. The predicted octanol–water partition coefficient (Wildman–Crippen LogP) is 2.91. The molecule has 1 aromatic rings. The highest BCUT2D eigenvalue weighted by Gasteiger charge is 2.01. The van der Waals surface area contributed by atoms with Crippen molar-refractivity contribution in [2.45, 2.75) is 0 Å². The second kappa shape index (κ2) is 3.26. The van der Waals surface area contributed by atoms with Crippen molar-refractivity contribution in [2.75, 3.05) is 7.11 Å². The molecule has 0 N–H and O–H groups in total. The average Bonchev–Trinajstić information content (AvgIpc) is 1.95. The molecule has 1 aromatic carbocycles. The van der Waals surface area contributed by atoms with E-state index in [1.165, 1.54) is 0 Å². The van der Waals surface area contributed by atoms with Gasteiger partial charge in [0.25, 0.3) is 0 Å². The van der Waals surface area contributed by atoms with E-state index in [0.29, 0.717) is 10.8 Å². The van der Waals surface area contributed by atoms with Gasteiger partial charge in [0.1, 0.15) is 5.75 Å². The molecule has 0 aliphatic carbocycles. The van der Waals surface area contributed by atoms with Crippen molar-refractivity contribution in [3.63, 3.8) is 0 Å². The summed E-state index contributed by atoms with van der Waals surface area (Å²) in [5.41, 5.74) is 0. The zero-order valence-corrected chi connectivity index (χ0v) is 7.66. The topological polar surface area (TPSA) is 9.23 Å². The number of ether oxygens (including phenoxy) is 1. The predicted molar refractivity (Wildman–Crippen MR) is 44.5 cm³/mol. The highest BCUT2D eigenvalue weighted by Crippen LogP contribution is 2.30. The van der Waals surface area contributed by atoms with Crippen LogP contribution in [0, 0.1) is 6.07 Å². The molecule has 0 fully saturated rings. The van der Waals surface area contributed by atoms with Gasteiger partial charge in [-0.2, -0.15) is 0 Å². The summed E-state index contributed by atoms with van der Waals surface area (Å²) in [4.78, 5) is 0. The summed E-state index contributed by atoms with van der Waals surface area (Å²) >= 11 is 9.00. The molecule has 3 heteroatoms. The minimum atomic E-state index is 0.611. The van der Waals surface area contributed by atoms with E-state index in [2.05, 4.69) is 22.0 Å². The molecule has 0 saturated carbocycles. The maximum Gasteiger partial charge on any atom is 0.135 e. The molecule has 1 rings (SSSR count). The molecule has 0 atom stereocenters. The van der Waals surface area contributed by atoms with Gasteiger partial charge < -0.3 is 4.74 Å². The first-order valence-corrected chi connectivity index (χ1v) is 3.82. The third-order valence-corrected chi connectivity index (χ3v) is 2.41. The van der Waals surface area contributed by atoms with Crippen LogP contribution in [0.2, 0.25) is 5.02 Å². The third-order valence-electron chi connectivity index (χ3n) is 1.07. The number of rotatable bonds is 1. The third kappa shape index (κ3) is 1.44. The van der Waals surface area contributed by atoms with Crippen molar-refractivity contribution in [3.8, 4) is 5.75 Å². The summed E-state index contributed by atoms with van der Waals surface area (Å²) in [5, 5.41) is 0.611. The van der Waals surface area contributed by atoms with Gasteiger partial charge >= 0.3 is 0 Å². The van der Waals surface area contributed by atoms with Crippen LogP contribution >= 0.6 is 27.5 Å². The van der Waals surface area contributed by atoms with Crippen LogP contribution in [0.5, 0.6) is 5.75 Å². The maximum atomic E-state index is 5.73. The summed E-state index contributed by atoms with van der Waals surface area (Å²) in [6.07, 6.45) is 0. The zero-order valence-electron chi connectivity index (χ0n) is 5.32. The van der Waals surface area contributed by atoms with Gasteiger partial charge in [0, 0.05) is 0 Å². The molecule has 0 bridgehead atoms. The number of hydrogen-bond acceptors (Lipinski definition) is 1. The lowest BCUT2D eigenvalue weighted by molar-refractivity contribution is 0.412. The van der Waals surface area contributed by atoms with E-state index in [9.17, 15) is 0 Å². The van der Waals surface area contributed by atoms with E-state index in [0.717, 1.165) is 4.47 Å². The van der Waals surface area contributed by atoms with Gasteiger partial charge in [-0.1, -0.05) is 11.6 Å². The second-order valence-electron chi connectivity index (χ2n) is 1.69. The van der Waals surface area contributed by atoms with Gasteiger partial charge in [0.05, 0.1) is 16.6 Å². The standard InChI is InChI=1S/C7H5BrClO/c1-10-6-4-2-3-5(9)7(6)8/h3-4H,1H3. The fraction of sp³-hybridized carbons (Fsp3) is 0.143. The second-order valence-corrected chi connectivity index (χ2v) is 2.89. The monoisotopic (exact) mass is 219 g/mol. The number of methoxy groups -OCH3 is 1. The normalized spacial score (nSPS) is 9.50. The molecule has 0 amide bonds. The summed E-state index contributed by atoms with van der Waals surface area (Å²) in [6.45, 7) is 0. The van der Waals surface area contributed by atoms with E-state index in [4.69, 9.17) is 16.3 Å². The zero-order chi connectivity index (χ0) is 7.56. The first kappa shape index (κ1) is 7.89. The Morgan fingerprint density at radius 3 is 2.80 bits per heavy atom. The van der Waals surface area contributed by atoms with Gasteiger partial charge in [-0.15, -0.1) is 0 Å². The van der Waals surface area contributed by atoms with Crippen LogP contribution in [0.25, 0.3) is 0 Å². The number of benzene rings is 1. The molecular formula is C7H5BrClO. The molecule has 0 aliphatic rings. The lowest BCUT2D eigenvalue weighted by Gasteiger charge is -2.01. The summed E-state index contributed by atoms with van der Waals surface area (Å²) < 4.78 is 5.74. The van der Waals surface area contributed by atoms with Gasteiger partial charge in [0.2, 0.25) is 0 Å². The average molecular weight is 220 g/mol. The van der Waals surface area contributed by atoms with E-state index in [-0.39, 0.29) is 0 Å². The summed E-state index contributed by atoms with van der Waals surface area (Å²) in [5.74, 6) is 0.701. The van der Waals surface area contributed by atoms with Crippen LogP contribution in [0.3, 0.4) is 0 Å². The van der Waals surface area contributed by atoms with Crippen LogP contribution in [0.15, 0.2) is 16.6 Å². The van der Waals surface area contributed by atoms with Gasteiger partial charge in [0.15, 0.2) is 0 Å². The molecule has 1 radical (unpaired) electrons.